The Morgan fingerprint density at radius 3 is 2.92 bits per heavy atom. The fourth-order valence-electron chi connectivity index (χ4n) is 3.82. The lowest BCUT2D eigenvalue weighted by Gasteiger charge is -2.37. The van der Waals surface area contributed by atoms with E-state index in [4.69, 9.17) is 0 Å². The molecule has 3 rings (SSSR count). The lowest BCUT2D eigenvalue weighted by molar-refractivity contribution is -0.134. The zero-order valence-electron chi connectivity index (χ0n) is 14.1. The van der Waals surface area contributed by atoms with E-state index >= 15 is 0 Å². The van der Waals surface area contributed by atoms with Crippen LogP contribution in [0.25, 0.3) is 0 Å². The van der Waals surface area contributed by atoms with Crippen molar-refractivity contribution < 1.29 is 9.59 Å². The molecule has 1 aliphatic heterocycles. The van der Waals surface area contributed by atoms with Gasteiger partial charge in [-0.2, -0.15) is 0 Å². The number of fused-ring (bicyclic) bond motifs is 1. The minimum absolute atomic E-state index is 0. The smallest absolute Gasteiger partial charge is 0.227 e. The number of rotatable bonds is 5. The Balaban J connectivity index is 0.00000156. The van der Waals surface area contributed by atoms with Crippen LogP contribution < -0.4 is 16.0 Å². The summed E-state index contributed by atoms with van der Waals surface area (Å²) in [4.78, 5) is 28.5. The number of hydrogen-bond donors (Lipinski definition) is 3. The van der Waals surface area contributed by atoms with Gasteiger partial charge in [-0.25, -0.2) is 0 Å². The van der Waals surface area contributed by atoms with Crippen LogP contribution in [0.2, 0.25) is 0 Å². The highest BCUT2D eigenvalue weighted by Gasteiger charge is 2.49. The molecule has 1 aromatic heterocycles. The molecule has 0 unspecified atom stereocenters. The van der Waals surface area contributed by atoms with E-state index in [-0.39, 0.29) is 48.5 Å². The van der Waals surface area contributed by atoms with Crippen molar-refractivity contribution in [3.8, 4) is 0 Å². The summed E-state index contributed by atoms with van der Waals surface area (Å²) in [7, 11) is 0. The molecular weight excluding hydrogens is 363 g/mol. The third-order valence-electron chi connectivity index (χ3n) is 5.07. The second-order valence-corrected chi connectivity index (χ2v) is 6.53. The van der Waals surface area contributed by atoms with Crippen molar-refractivity contribution in [2.24, 2.45) is 11.3 Å². The first-order valence-corrected chi connectivity index (χ1v) is 8.40. The molecule has 25 heavy (non-hydrogen) atoms. The predicted octanol–water partition coefficient (Wildman–Crippen LogP) is 2.15. The summed E-state index contributed by atoms with van der Waals surface area (Å²) in [6.07, 6.45) is 7.95. The maximum absolute atomic E-state index is 12.6. The van der Waals surface area contributed by atoms with E-state index in [2.05, 4.69) is 20.9 Å². The second-order valence-electron chi connectivity index (χ2n) is 6.53. The van der Waals surface area contributed by atoms with Gasteiger partial charge in [-0.1, -0.05) is 12.8 Å². The van der Waals surface area contributed by atoms with Crippen molar-refractivity contribution in [3.63, 3.8) is 0 Å². The van der Waals surface area contributed by atoms with Crippen molar-refractivity contribution in [2.75, 3.05) is 25.0 Å². The molecule has 2 amide bonds. The fourth-order valence-corrected chi connectivity index (χ4v) is 3.82. The highest BCUT2D eigenvalue weighted by Crippen LogP contribution is 2.43. The third kappa shape index (κ3) is 5.06. The number of hydrogen-bond acceptors (Lipinski definition) is 4. The van der Waals surface area contributed by atoms with Gasteiger partial charge in [0.1, 0.15) is 0 Å². The molecule has 1 aliphatic carbocycles. The van der Waals surface area contributed by atoms with Crippen LogP contribution in [-0.4, -0.2) is 36.4 Å². The Morgan fingerprint density at radius 2 is 2.16 bits per heavy atom. The number of carbonyl (C=O) groups is 2. The molecule has 6 nitrogen and oxygen atoms in total. The quantitative estimate of drug-likeness (QED) is 0.721. The lowest BCUT2D eigenvalue weighted by Crippen LogP contribution is -2.48. The Kier molecular flexibility index (Phi) is 8.62. The number of amides is 2. The van der Waals surface area contributed by atoms with Crippen molar-refractivity contribution >= 4 is 42.3 Å². The number of nitrogens with one attached hydrogen (secondary N) is 3. The number of aromatic nitrogens is 1. The summed E-state index contributed by atoms with van der Waals surface area (Å²) in [5, 5.41) is 9.12. The van der Waals surface area contributed by atoms with E-state index < -0.39 is 0 Å². The molecule has 1 saturated heterocycles. The first-order valence-electron chi connectivity index (χ1n) is 8.40. The molecular formula is C17H26Cl2N4O2. The SMILES string of the molecule is Cl.Cl.O=C(CCNC(=O)[C@@]12CCCC[C@H]1CNC2)Nc1cccnc1. The molecule has 0 spiro atoms. The van der Waals surface area contributed by atoms with Crippen LogP contribution >= 0.6 is 24.8 Å². The van der Waals surface area contributed by atoms with Crippen LogP contribution in [0.4, 0.5) is 5.69 Å². The Bertz CT molecular complexity index is 573. The fraction of sp³-hybridized carbons (Fsp3) is 0.588. The summed E-state index contributed by atoms with van der Waals surface area (Å²) in [6, 6.07) is 3.56. The van der Waals surface area contributed by atoms with E-state index in [1.54, 1.807) is 24.5 Å². The van der Waals surface area contributed by atoms with Gasteiger partial charge in [0.2, 0.25) is 11.8 Å². The molecule has 2 heterocycles. The molecule has 2 aliphatic rings. The van der Waals surface area contributed by atoms with Gasteiger partial charge in [0, 0.05) is 25.7 Å². The normalized spacial score (nSPS) is 24.2. The molecule has 8 heteroatoms. The Morgan fingerprint density at radius 1 is 1.32 bits per heavy atom. The molecule has 0 aromatic carbocycles. The number of halogens is 2. The predicted molar refractivity (Wildman–Crippen MR) is 102 cm³/mol. The van der Waals surface area contributed by atoms with Gasteiger partial charge in [0.25, 0.3) is 0 Å². The molecule has 0 radical (unpaired) electrons. The van der Waals surface area contributed by atoms with Crippen molar-refractivity contribution in [1.29, 1.82) is 0 Å². The highest BCUT2D eigenvalue weighted by atomic mass is 35.5. The maximum atomic E-state index is 12.6. The van der Waals surface area contributed by atoms with Crippen LogP contribution in [0.3, 0.4) is 0 Å². The molecule has 2 atom stereocenters. The largest absolute Gasteiger partial charge is 0.355 e. The van der Waals surface area contributed by atoms with Gasteiger partial charge in [-0.15, -0.1) is 24.8 Å². The summed E-state index contributed by atoms with van der Waals surface area (Å²) < 4.78 is 0. The Labute approximate surface area is 160 Å². The standard InChI is InChI=1S/C17H24N4O2.2ClH/c22-15(21-14-5-3-8-18-11-14)6-9-20-16(23)17-7-2-1-4-13(17)10-19-12-17;;/h3,5,8,11,13,19H,1-2,4,6-7,9-10,12H2,(H,20,23)(H,21,22);2*1H/t13-,17+;;/m0../s1. The van der Waals surface area contributed by atoms with Gasteiger partial charge in [0.15, 0.2) is 0 Å². The summed E-state index contributed by atoms with van der Waals surface area (Å²) >= 11 is 0. The average molecular weight is 389 g/mol. The van der Waals surface area contributed by atoms with Crippen LogP contribution in [0.1, 0.15) is 32.1 Å². The first kappa shape index (κ1) is 21.7. The van der Waals surface area contributed by atoms with Gasteiger partial charge >= 0.3 is 0 Å². The zero-order chi connectivity index (χ0) is 16.1. The highest BCUT2D eigenvalue weighted by molar-refractivity contribution is 5.91. The first-order chi connectivity index (χ1) is 11.2. The van der Waals surface area contributed by atoms with Gasteiger partial charge in [-0.05, 0) is 37.4 Å². The molecule has 140 valence electrons. The average Bonchev–Trinajstić information content (AvgIpc) is 3.01. The van der Waals surface area contributed by atoms with E-state index in [0.717, 1.165) is 32.4 Å². The summed E-state index contributed by atoms with van der Waals surface area (Å²) in [6.45, 7) is 2.08. The minimum Gasteiger partial charge on any atom is -0.355 e. The number of carbonyl (C=O) groups excluding carboxylic acids is 2. The molecule has 0 bridgehead atoms. The van der Waals surface area contributed by atoms with Crippen molar-refractivity contribution in [1.82, 2.24) is 15.6 Å². The van der Waals surface area contributed by atoms with E-state index in [1.807, 2.05) is 0 Å². The maximum Gasteiger partial charge on any atom is 0.227 e. The zero-order valence-corrected chi connectivity index (χ0v) is 15.8. The van der Waals surface area contributed by atoms with Crippen LogP contribution in [-0.2, 0) is 9.59 Å². The van der Waals surface area contributed by atoms with E-state index in [1.165, 1.54) is 6.42 Å². The molecule has 3 N–H and O–H groups in total. The summed E-state index contributed by atoms with van der Waals surface area (Å²) in [5.41, 5.74) is 0.424. The topological polar surface area (TPSA) is 83.1 Å². The Hall–Kier alpha value is -1.37. The van der Waals surface area contributed by atoms with Gasteiger partial charge in [0.05, 0.1) is 17.3 Å². The third-order valence-corrected chi connectivity index (χ3v) is 5.07. The summed E-state index contributed by atoms with van der Waals surface area (Å²) in [5.74, 6) is 0.447. The monoisotopic (exact) mass is 388 g/mol. The molecule has 1 saturated carbocycles. The van der Waals surface area contributed by atoms with Gasteiger partial charge in [-0.3, -0.25) is 14.6 Å². The number of nitrogens with zero attached hydrogens (tertiary/aromatic N) is 1. The second kappa shape index (κ2) is 9.94. The molecule has 1 aromatic rings. The van der Waals surface area contributed by atoms with Gasteiger partial charge < -0.3 is 16.0 Å². The lowest BCUT2D eigenvalue weighted by atomic mass is 9.67. The number of anilines is 1. The van der Waals surface area contributed by atoms with E-state index in [9.17, 15) is 9.59 Å². The van der Waals surface area contributed by atoms with Crippen LogP contribution in [0.15, 0.2) is 24.5 Å². The van der Waals surface area contributed by atoms with Crippen molar-refractivity contribution in [2.45, 2.75) is 32.1 Å². The minimum atomic E-state index is -0.252. The van der Waals surface area contributed by atoms with Crippen LogP contribution in [0.5, 0.6) is 0 Å². The van der Waals surface area contributed by atoms with Crippen LogP contribution in [0, 0.1) is 11.3 Å². The van der Waals surface area contributed by atoms with E-state index in [0.29, 0.717) is 18.2 Å². The van der Waals surface area contributed by atoms with Crippen molar-refractivity contribution in [3.05, 3.63) is 24.5 Å². The number of pyridine rings is 1. The molecule has 2 fully saturated rings.